The van der Waals surface area contributed by atoms with Gasteiger partial charge in [-0.15, -0.1) is 0 Å². The molecule has 12 heavy (non-hydrogen) atoms. The van der Waals surface area contributed by atoms with Gasteiger partial charge in [0.1, 0.15) is 6.61 Å². The smallest absolute Gasteiger partial charge is 0.282 e. The molecule has 3 nitrogen and oxygen atoms in total. The van der Waals surface area contributed by atoms with Crippen LogP contribution in [0.15, 0.2) is 0 Å². The third-order valence-electron chi connectivity index (χ3n) is 1.94. The summed E-state index contributed by atoms with van der Waals surface area (Å²) in [6, 6.07) is 0.127. The van der Waals surface area contributed by atoms with Gasteiger partial charge in [0.2, 0.25) is 0 Å². The van der Waals surface area contributed by atoms with E-state index in [4.69, 9.17) is 5.11 Å². The zero-order valence-electron chi connectivity index (χ0n) is 6.82. The Morgan fingerprint density at radius 1 is 1.58 bits per heavy atom. The van der Waals surface area contributed by atoms with Gasteiger partial charge < -0.3 is 15.7 Å². The van der Waals surface area contributed by atoms with Gasteiger partial charge in [-0.3, -0.25) is 0 Å². The maximum absolute atomic E-state index is 12.5. The lowest BCUT2D eigenvalue weighted by atomic mass is 10.2. The summed E-state index contributed by atoms with van der Waals surface area (Å²) in [6.45, 7) is 0.0971. The van der Waals surface area contributed by atoms with Crippen LogP contribution in [-0.2, 0) is 0 Å². The molecule has 1 aliphatic rings. The summed E-state index contributed by atoms with van der Waals surface area (Å²) in [5.74, 6) is -2.98. The molecule has 0 saturated carbocycles. The molecule has 1 rings (SSSR count). The van der Waals surface area contributed by atoms with Gasteiger partial charge in [-0.1, -0.05) is 0 Å². The van der Waals surface area contributed by atoms with Crippen molar-refractivity contribution in [3.05, 3.63) is 0 Å². The molecule has 0 spiro atoms. The molecule has 1 saturated heterocycles. The number of halogens is 2. The van der Waals surface area contributed by atoms with Crippen LogP contribution in [0.2, 0.25) is 0 Å². The fraction of sp³-hybridized carbons (Fsp3) is 1.00. The van der Waals surface area contributed by atoms with Gasteiger partial charge in [-0.05, 0) is 13.0 Å². The molecule has 1 heterocycles. The second kappa shape index (κ2) is 4.11. The summed E-state index contributed by atoms with van der Waals surface area (Å²) in [7, 11) is 0. The molecular weight excluding hydrogens is 166 g/mol. The molecule has 5 heteroatoms. The van der Waals surface area contributed by atoms with Gasteiger partial charge >= 0.3 is 0 Å². The van der Waals surface area contributed by atoms with Crippen molar-refractivity contribution in [1.82, 2.24) is 10.6 Å². The van der Waals surface area contributed by atoms with Crippen molar-refractivity contribution < 1.29 is 13.9 Å². The Hall–Kier alpha value is -0.260. The van der Waals surface area contributed by atoms with E-state index >= 15 is 0 Å². The van der Waals surface area contributed by atoms with Gasteiger partial charge in [0.05, 0.1) is 6.54 Å². The molecule has 3 N–H and O–H groups in total. The van der Waals surface area contributed by atoms with Crippen LogP contribution in [0.3, 0.4) is 0 Å². The summed E-state index contributed by atoms with van der Waals surface area (Å²) < 4.78 is 24.9. The summed E-state index contributed by atoms with van der Waals surface area (Å²) in [4.78, 5) is 0. The third kappa shape index (κ3) is 3.00. The fourth-order valence-corrected chi connectivity index (χ4v) is 1.18. The van der Waals surface area contributed by atoms with Gasteiger partial charge in [-0.2, -0.15) is 0 Å². The van der Waals surface area contributed by atoms with Crippen molar-refractivity contribution in [3.63, 3.8) is 0 Å². The molecule has 1 unspecified atom stereocenters. The van der Waals surface area contributed by atoms with Crippen molar-refractivity contribution in [2.24, 2.45) is 0 Å². The van der Waals surface area contributed by atoms with E-state index in [0.717, 1.165) is 19.5 Å². The lowest BCUT2D eigenvalue weighted by Gasteiger charge is -2.17. The molecule has 0 aromatic rings. The molecule has 1 aliphatic heterocycles. The SMILES string of the molecule is OCC(F)(F)CNC1CCNC1. The van der Waals surface area contributed by atoms with Crippen molar-refractivity contribution >= 4 is 0 Å². The fourth-order valence-electron chi connectivity index (χ4n) is 1.18. The summed E-state index contributed by atoms with van der Waals surface area (Å²) in [5, 5.41) is 14.0. The van der Waals surface area contributed by atoms with Crippen LogP contribution < -0.4 is 10.6 Å². The van der Waals surface area contributed by atoms with Crippen LogP contribution in [-0.4, -0.2) is 43.3 Å². The Labute approximate surface area is 70.1 Å². The Kier molecular flexibility index (Phi) is 3.37. The highest BCUT2D eigenvalue weighted by Crippen LogP contribution is 2.10. The highest BCUT2D eigenvalue weighted by molar-refractivity contribution is 4.80. The maximum Gasteiger partial charge on any atom is 0.282 e. The minimum Gasteiger partial charge on any atom is -0.390 e. The Bertz CT molecular complexity index is 137. The Balaban J connectivity index is 2.15. The van der Waals surface area contributed by atoms with Crippen molar-refractivity contribution in [2.75, 3.05) is 26.2 Å². The predicted octanol–water partition coefficient (Wildman–Crippen LogP) is -0.435. The van der Waals surface area contributed by atoms with E-state index in [9.17, 15) is 8.78 Å². The molecule has 1 fully saturated rings. The molecule has 72 valence electrons. The highest BCUT2D eigenvalue weighted by Gasteiger charge is 2.28. The zero-order valence-corrected chi connectivity index (χ0v) is 6.82. The minimum atomic E-state index is -2.98. The number of aliphatic hydroxyl groups is 1. The number of hydrogen-bond acceptors (Lipinski definition) is 3. The molecule has 0 amide bonds. The zero-order chi connectivity index (χ0) is 9.03. The van der Waals surface area contributed by atoms with E-state index in [0.29, 0.717) is 0 Å². The molecule has 0 radical (unpaired) electrons. The monoisotopic (exact) mass is 180 g/mol. The number of hydrogen-bond donors (Lipinski definition) is 3. The third-order valence-corrected chi connectivity index (χ3v) is 1.94. The second-order valence-corrected chi connectivity index (χ2v) is 3.08. The van der Waals surface area contributed by atoms with Crippen LogP contribution >= 0.6 is 0 Å². The quantitative estimate of drug-likeness (QED) is 0.550. The van der Waals surface area contributed by atoms with Crippen LogP contribution in [0.1, 0.15) is 6.42 Å². The van der Waals surface area contributed by atoms with Crippen molar-refractivity contribution in [3.8, 4) is 0 Å². The summed E-state index contributed by atoms with van der Waals surface area (Å²) in [6.07, 6.45) is 0.876. The van der Waals surface area contributed by atoms with Gasteiger partial charge in [0, 0.05) is 12.6 Å². The first-order valence-electron chi connectivity index (χ1n) is 4.07. The first-order valence-corrected chi connectivity index (χ1v) is 4.07. The minimum absolute atomic E-state index is 0.127. The average Bonchev–Trinajstić information content (AvgIpc) is 2.53. The normalized spacial score (nSPS) is 24.8. The topological polar surface area (TPSA) is 44.3 Å². The highest BCUT2D eigenvalue weighted by atomic mass is 19.3. The standard InChI is InChI=1S/C7H14F2N2O/c8-7(9,5-12)4-11-6-1-2-10-3-6/h6,10-12H,1-5H2. The van der Waals surface area contributed by atoms with E-state index in [1.807, 2.05) is 0 Å². The predicted molar refractivity (Wildman–Crippen MR) is 41.3 cm³/mol. The lowest BCUT2D eigenvalue weighted by molar-refractivity contribution is -0.0489. The number of nitrogens with one attached hydrogen (secondary N) is 2. The largest absolute Gasteiger partial charge is 0.390 e. The van der Waals surface area contributed by atoms with E-state index in [-0.39, 0.29) is 6.04 Å². The first-order chi connectivity index (χ1) is 5.64. The van der Waals surface area contributed by atoms with Crippen LogP contribution in [0.5, 0.6) is 0 Å². The van der Waals surface area contributed by atoms with E-state index in [2.05, 4.69) is 10.6 Å². The Morgan fingerprint density at radius 3 is 2.83 bits per heavy atom. The van der Waals surface area contributed by atoms with Crippen molar-refractivity contribution in [1.29, 1.82) is 0 Å². The van der Waals surface area contributed by atoms with Crippen LogP contribution in [0.25, 0.3) is 0 Å². The van der Waals surface area contributed by atoms with Gasteiger partial charge in [0.25, 0.3) is 5.92 Å². The van der Waals surface area contributed by atoms with Crippen LogP contribution in [0, 0.1) is 0 Å². The molecule has 1 atom stereocenters. The summed E-state index contributed by atoms with van der Waals surface area (Å²) >= 11 is 0. The molecule has 0 aliphatic carbocycles. The Morgan fingerprint density at radius 2 is 2.33 bits per heavy atom. The van der Waals surface area contributed by atoms with Gasteiger partial charge in [0.15, 0.2) is 0 Å². The van der Waals surface area contributed by atoms with E-state index in [1.54, 1.807) is 0 Å². The molecule has 0 bridgehead atoms. The van der Waals surface area contributed by atoms with Gasteiger partial charge in [-0.25, -0.2) is 8.78 Å². The number of alkyl halides is 2. The molecular formula is C7H14F2N2O. The van der Waals surface area contributed by atoms with Crippen molar-refractivity contribution in [2.45, 2.75) is 18.4 Å². The molecule has 0 aromatic heterocycles. The number of aliphatic hydroxyl groups excluding tert-OH is 1. The average molecular weight is 180 g/mol. The van der Waals surface area contributed by atoms with E-state index in [1.165, 1.54) is 0 Å². The molecule has 0 aromatic carbocycles. The maximum atomic E-state index is 12.5. The van der Waals surface area contributed by atoms with Crippen LogP contribution in [0.4, 0.5) is 8.78 Å². The lowest BCUT2D eigenvalue weighted by Crippen LogP contribution is -2.42. The second-order valence-electron chi connectivity index (χ2n) is 3.08. The first kappa shape index (κ1) is 9.83. The number of rotatable bonds is 4. The van der Waals surface area contributed by atoms with E-state index < -0.39 is 19.1 Å². The summed E-state index contributed by atoms with van der Waals surface area (Å²) in [5.41, 5.74) is 0.